The summed E-state index contributed by atoms with van der Waals surface area (Å²) in [5.41, 5.74) is 0. The zero-order valence-electron chi connectivity index (χ0n) is 11.1. The first-order chi connectivity index (χ1) is 9.03. The van der Waals surface area contributed by atoms with Gasteiger partial charge < -0.3 is 15.2 Å². The van der Waals surface area contributed by atoms with Gasteiger partial charge in [-0.1, -0.05) is 6.07 Å². The molecule has 3 N–H and O–H groups in total. The number of sulfonamides is 1. The SMILES string of the molecule is COc1cccc(S(=O)(=O)N[C@@H]2CCNC[C@H]2O)c1.Cl. The van der Waals surface area contributed by atoms with Crippen LogP contribution in [0, 0.1) is 0 Å². The number of aliphatic hydroxyl groups is 1. The quantitative estimate of drug-likeness (QED) is 0.733. The van der Waals surface area contributed by atoms with Gasteiger partial charge in [0, 0.05) is 12.6 Å². The summed E-state index contributed by atoms with van der Waals surface area (Å²) in [6.45, 7) is 1.08. The molecular weight excluding hydrogens is 304 g/mol. The highest BCUT2D eigenvalue weighted by Crippen LogP contribution is 2.18. The van der Waals surface area contributed by atoms with Gasteiger partial charge in [0.1, 0.15) is 5.75 Å². The molecule has 0 saturated carbocycles. The predicted octanol–water partition coefficient (Wildman–Crippen LogP) is 0.118. The van der Waals surface area contributed by atoms with E-state index in [0.717, 1.165) is 0 Å². The van der Waals surface area contributed by atoms with Crippen molar-refractivity contribution in [1.82, 2.24) is 10.0 Å². The number of benzene rings is 1. The van der Waals surface area contributed by atoms with Crippen molar-refractivity contribution in [1.29, 1.82) is 0 Å². The summed E-state index contributed by atoms with van der Waals surface area (Å²) in [6.07, 6.45) is -0.154. The lowest BCUT2D eigenvalue weighted by atomic mass is 10.1. The third-order valence-corrected chi connectivity index (χ3v) is 4.60. The molecule has 0 aromatic heterocycles. The van der Waals surface area contributed by atoms with Gasteiger partial charge in [0.15, 0.2) is 0 Å². The number of hydrogen-bond acceptors (Lipinski definition) is 5. The Morgan fingerprint density at radius 2 is 2.20 bits per heavy atom. The molecule has 1 aromatic carbocycles. The van der Waals surface area contributed by atoms with Gasteiger partial charge in [-0.15, -0.1) is 12.4 Å². The average molecular weight is 323 g/mol. The van der Waals surface area contributed by atoms with Gasteiger partial charge in [0.05, 0.1) is 24.2 Å². The summed E-state index contributed by atoms with van der Waals surface area (Å²) in [5.74, 6) is 0.480. The van der Waals surface area contributed by atoms with E-state index in [1.54, 1.807) is 12.1 Å². The van der Waals surface area contributed by atoms with Crippen LogP contribution in [-0.2, 0) is 10.0 Å². The molecule has 0 radical (unpaired) electrons. The summed E-state index contributed by atoms with van der Waals surface area (Å²) in [6, 6.07) is 5.79. The van der Waals surface area contributed by atoms with Gasteiger partial charge in [0.2, 0.25) is 10.0 Å². The molecule has 0 bridgehead atoms. The maximum Gasteiger partial charge on any atom is 0.241 e. The molecule has 0 amide bonds. The molecule has 1 heterocycles. The highest BCUT2D eigenvalue weighted by molar-refractivity contribution is 7.89. The second kappa shape index (κ2) is 7.24. The third-order valence-electron chi connectivity index (χ3n) is 3.11. The molecule has 0 unspecified atom stereocenters. The van der Waals surface area contributed by atoms with E-state index in [1.807, 2.05) is 0 Å². The van der Waals surface area contributed by atoms with E-state index in [1.165, 1.54) is 19.2 Å². The van der Waals surface area contributed by atoms with Crippen LogP contribution in [-0.4, -0.2) is 45.9 Å². The minimum atomic E-state index is -3.64. The highest BCUT2D eigenvalue weighted by Gasteiger charge is 2.28. The first kappa shape index (κ1) is 17.2. The van der Waals surface area contributed by atoms with Crippen molar-refractivity contribution < 1.29 is 18.3 Å². The van der Waals surface area contributed by atoms with Crippen molar-refractivity contribution in [3.05, 3.63) is 24.3 Å². The number of rotatable bonds is 4. The van der Waals surface area contributed by atoms with Crippen molar-refractivity contribution in [2.24, 2.45) is 0 Å². The Hall–Kier alpha value is -0.860. The van der Waals surface area contributed by atoms with Crippen LogP contribution in [0.3, 0.4) is 0 Å². The van der Waals surface area contributed by atoms with Crippen molar-refractivity contribution in [3.63, 3.8) is 0 Å². The lowest BCUT2D eigenvalue weighted by Gasteiger charge is -2.28. The Balaban J connectivity index is 0.00000200. The number of β-amino-alcohol motifs (C(OH)–C–C–N with tert-alkyl or cyclic N) is 1. The summed E-state index contributed by atoms with van der Waals surface area (Å²) in [4.78, 5) is 0.137. The van der Waals surface area contributed by atoms with Gasteiger partial charge >= 0.3 is 0 Å². The molecule has 114 valence electrons. The lowest BCUT2D eigenvalue weighted by Crippen LogP contribution is -2.52. The molecule has 1 aliphatic rings. The summed E-state index contributed by atoms with van der Waals surface area (Å²) in [5, 5.41) is 12.8. The second-order valence-electron chi connectivity index (χ2n) is 4.47. The molecule has 0 aliphatic carbocycles. The predicted molar refractivity (Wildman–Crippen MR) is 77.8 cm³/mol. The molecule has 1 fully saturated rings. The molecule has 2 rings (SSSR count). The molecule has 0 spiro atoms. The number of hydrogen-bond donors (Lipinski definition) is 3. The topological polar surface area (TPSA) is 87.7 Å². The molecule has 6 nitrogen and oxygen atoms in total. The average Bonchev–Trinajstić information content (AvgIpc) is 2.41. The highest BCUT2D eigenvalue weighted by atomic mass is 35.5. The summed E-state index contributed by atoms with van der Waals surface area (Å²) in [7, 11) is -2.16. The van der Waals surface area contributed by atoms with Gasteiger partial charge in [-0.2, -0.15) is 0 Å². The molecule has 20 heavy (non-hydrogen) atoms. The van der Waals surface area contributed by atoms with Crippen LogP contribution in [0.1, 0.15) is 6.42 Å². The molecule has 1 saturated heterocycles. The van der Waals surface area contributed by atoms with Crippen molar-refractivity contribution in [3.8, 4) is 5.75 Å². The van der Waals surface area contributed by atoms with E-state index in [4.69, 9.17) is 4.74 Å². The number of ether oxygens (including phenoxy) is 1. The Kier molecular flexibility index (Phi) is 6.22. The maximum atomic E-state index is 12.2. The van der Waals surface area contributed by atoms with Crippen molar-refractivity contribution in [2.45, 2.75) is 23.5 Å². The Labute approximate surface area is 125 Å². The van der Waals surface area contributed by atoms with E-state index in [9.17, 15) is 13.5 Å². The Morgan fingerprint density at radius 1 is 1.45 bits per heavy atom. The van der Waals surface area contributed by atoms with E-state index in [2.05, 4.69) is 10.0 Å². The van der Waals surface area contributed by atoms with Crippen LogP contribution in [0.25, 0.3) is 0 Å². The number of piperidine rings is 1. The fourth-order valence-corrected chi connectivity index (χ4v) is 3.35. The van der Waals surface area contributed by atoms with E-state index < -0.39 is 22.2 Å². The molecule has 1 aromatic rings. The first-order valence-electron chi connectivity index (χ1n) is 6.08. The Morgan fingerprint density at radius 3 is 2.85 bits per heavy atom. The number of methoxy groups -OCH3 is 1. The summed E-state index contributed by atoms with van der Waals surface area (Å²) >= 11 is 0. The molecular formula is C12H19ClN2O4S. The molecule has 1 aliphatic heterocycles. The Bertz CT molecular complexity index is 538. The van der Waals surface area contributed by atoms with E-state index in [0.29, 0.717) is 25.3 Å². The number of nitrogens with one attached hydrogen (secondary N) is 2. The smallest absolute Gasteiger partial charge is 0.241 e. The second-order valence-corrected chi connectivity index (χ2v) is 6.18. The van der Waals surface area contributed by atoms with Crippen LogP contribution in [0.5, 0.6) is 5.75 Å². The van der Waals surface area contributed by atoms with Crippen LogP contribution < -0.4 is 14.8 Å². The minimum Gasteiger partial charge on any atom is -0.497 e. The van der Waals surface area contributed by atoms with Gasteiger partial charge in [-0.3, -0.25) is 0 Å². The number of halogens is 1. The normalized spacial score (nSPS) is 22.9. The molecule has 2 atom stereocenters. The number of aliphatic hydroxyl groups excluding tert-OH is 1. The fourth-order valence-electron chi connectivity index (χ4n) is 2.02. The fraction of sp³-hybridized carbons (Fsp3) is 0.500. The van der Waals surface area contributed by atoms with Gasteiger partial charge in [-0.05, 0) is 25.1 Å². The van der Waals surface area contributed by atoms with Crippen LogP contribution in [0.15, 0.2) is 29.2 Å². The zero-order chi connectivity index (χ0) is 13.9. The lowest BCUT2D eigenvalue weighted by molar-refractivity contribution is 0.113. The first-order valence-corrected chi connectivity index (χ1v) is 7.56. The van der Waals surface area contributed by atoms with Crippen LogP contribution >= 0.6 is 12.4 Å². The minimum absolute atomic E-state index is 0. The van der Waals surface area contributed by atoms with Crippen LogP contribution in [0.2, 0.25) is 0 Å². The molecule has 8 heteroatoms. The standard InChI is InChI=1S/C12H18N2O4S.ClH/c1-18-9-3-2-4-10(7-9)19(16,17)14-11-5-6-13-8-12(11)15;/h2-4,7,11-15H,5-6,8H2,1H3;1H/t11-,12-;/m1./s1. The monoisotopic (exact) mass is 322 g/mol. The maximum absolute atomic E-state index is 12.2. The van der Waals surface area contributed by atoms with Gasteiger partial charge in [-0.25, -0.2) is 13.1 Å². The van der Waals surface area contributed by atoms with E-state index >= 15 is 0 Å². The van der Waals surface area contributed by atoms with E-state index in [-0.39, 0.29) is 17.3 Å². The summed E-state index contributed by atoms with van der Waals surface area (Å²) < 4.78 is 32.0. The van der Waals surface area contributed by atoms with Crippen molar-refractivity contribution in [2.75, 3.05) is 20.2 Å². The third kappa shape index (κ3) is 4.07. The van der Waals surface area contributed by atoms with Gasteiger partial charge in [0.25, 0.3) is 0 Å². The van der Waals surface area contributed by atoms with Crippen molar-refractivity contribution >= 4 is 22.4 Å². The van der Waals surface area contributed by atoms with Crippen LogP contribution in [0.4, 0.5) is 0 Å². The zero-order valence-corrected chi connectivity index (χ0v) is 12.7. The largest absolute Gasteiger partial charge is 0.497 e.